The lowest BCUT2D eigenvalue weighted by molar-refractivity contribution is -0.479. The van der Waals surface area contributed by atoms with Crippen LogP contribution in [0.1, 0.15) is 12.0 Å². The Labute approximate surface area is 98.0 Å². The largest absolute Gasteiger partial charge is 0.508 e. The number of hydrogen-bond donors (Lipinski definition) is 1. The molecule has 0 unspecified atom stereocenters. The first-order valence-electron chi connectivity index (χ1n) is 5.13. The fraction of sp³-hybridized carbons (Fsp3) is 0.364. The van der Waals surface area contributed by atoms with Gasteiger partial charge in [0.05, 0.1) is 6.61 Å². The number of ether oxygens (including phenoxy) is 1. The molecule has 1 N–H and O–H groups in total. The van der Waals surface area contributed by atoms with Gasteiger partial charge in [0.2, 0.25) is 6.54 Å². The van der Waals surface area contributed by atoms with Gasteiger partial charge in [-0.1, -0.05) is 12.1 Å². The van der Waals surface area contributed by atoms with E-state index in [2.05, 4.69) is 0 Å². The molecule has 0 saturated heterocycles. The summed E-state index contributed by atoms with van der Waals surface area (Å²) in [4.78, 5) is 20.5. The molecule has 0 fully saturated rings. The van der Waals surface area contributed by atoms with Crippen LogP contribution in [-0.2, 0) is 16.0 Å². The topological polar surface area (TPSA) is 89.7 Å². The minimum Gasteiger partial charge on any atom is -0.508 e. The molecule has 0 aliphatic rings. The monoisotopic (exact) mass is 239 g/mol. The van der Waals surface area contributed by atoms with Crippen LogP contribution in [0.15, 0.2) is 24.3 Å². The number of rotatable bonds is 6. The molecule has 1 rings (SSSR count). The molecule has 0 heterocycles. The molecule has 0 atom stereocenters. The van der Waals surface area contributed by atoms with Crippen molar-refractivity contribution >= 4 is 5.97 Å². The Kier molecular flexibility index (Phi) is 4.93. The van der Waals surface area contributed by atoms with E-state index in [4.69, 9.17) is 9.84 Å². The van der Waals surface area contributed by atoms with Crippen LogP contribution in [0.3, 0.4) is 0 Å². The number of phenols is 1. The van der Waals surface area contributed by atoms with Crippen molar-refractivity contribution in [1.29, 1.82) is 0 Å². The molecule has 6 heteroatoms. The van der Waals surface area contributed by atoms with E-state index in [9.17, 15) is 14.9 Å². The van der Waals surface area contributed by atoms with Crippen LogP contribution in [0.2, 0.25) is 0 Å². The van der Waals surface area contributed by atoms with Gasteiger partial charge < -0.3 is 9.84 Å². The number of benzene rings is 1. The number of carbonyl (C=O) groups excluding carboxylic acids is 1. The Morgan fingerprint density at radius 1 is 1.35 bits per heavy atom. The summed E-state index contributed by atoms with van der Waals surface area (Å²) in [6.07, 6.45) is 0.313. The lowest BCUT2D eigenvalue weighted by atomic mass is 10.1. The molecule has 0 spiro atoms. The molecule has 6 nitrogen and oxygen atoms in total. The van der Waals surface area contributed by atoms with Crippen LogP contribution < -0.4 is 0 Å². The molecule has 0 amide bonds. The summed E-state index contributed by atoms with van der Waals surface area (Å²) < 4.78 is 4.82. The predicted molar refractivity (Wildman–Crippen MR) is 59.2 cm³/mol. The van der Waals surface area contributed by atoms with Gasteiger partial charge >= 0.3 is 5.97 Å². The van der Waals surface area contributed by atoms with Gasteiger partial charge in [0.15, 0.2) is 0 Å². The molecule has 0 saturated carbocycles. The smallest absolute Gasteiger partial charge is 0.312 e. The summed E-state index contributed by atoms with van der Waals surface area (Å²) in [7, 11) is 0. The maximum Gasteiger partial charge on any atom is 0.312 e. The van der Waals surface area contributed by atoms with E-state index in [1.807, 2.05) is 0 Å². The van der Waals surface area contributed by atoms with Gasteiger partial charge in [0.25, 0.3) is 0 Å². The minimum absolute atomic E-state index is 0.178. The minimum atomic E-state index is -0.569. The van der Waals surface area contributed by atoms with Crippen molar-refractivity contribution in [2.75, 3.05) is 13.2 Å². The third-order valence-electron chi connectivity index (χ3n) is 2.09. The summed E-state index contributed by atoms with van der Waals surface area (Å²) in [6.45, 7) is -0.223. The zero-order chi connectivity index (χ0) is 12.7. The number of nitrogens with zero attached hydrogens (tertiary/aromatic N) is 1. The lowest BCUT2D eigenvalue weighted by Gasteiger charge is -2.03. The van der Waals surface area contributed by atoms with Crippen LogP contribution >= 0.6 is 0 Å². The molecule has 92 valence electrons. The van der Waals surface area contributed by atoms with Crippen molar-refractivity contribution in [2.45, 2.75) is 12.8 Å². The second-order valence-corrected chi connectivity index (χ2v) is 3.44. The normalized spacial score (nSPS) is 9.88. The zero-order valence-corrected chi connectivity index (χ0v) is 9.17. The third kappa shape index (κ3) is 5.50. The number of carbonyl (C=O) groups is 1. The van der Waals surface area contributed by atoms with E-state index >= 15 is 0 Å². The van der Waals surface area contributed by atoms with Crippen molar-refractivity contribution < 1.29 is 19.6 Å². The van der Waals surface area contributed by atoms with Gasteiger partial charge in [0.1, 0.15) is 12.2 Å². The van der Waals surface area contributed by atoms with Crippen molar-refractivity contribution in [2.24, 2.45) is 0 Å². The van der Waals surface area contributed by atoms with Crippen LogP contribution in [0.4, 0.5) is 0 Å². The SMILES string of the molecule is O=C(CC[N+](=O)[O-])OCCc1ccc(O)cc1. The van der Waals surface area contributed by atoms with E-state index in [0.717, 1.165) is 5.56 Å². The van der Waals surface area contributed by atoms with Crippen molar-refractivity contribution in [3.8, 4) is 5.75 Å². The molecule has 1 aromatic carbocycles. The van der Waals surface area contributed by atoms with Gasteiger partial charge in [-0.3, -0.25) is 14.9 Å². The highest BCUT2D eigenvalue weighted by Gasteiger charge is 2.07. The molecule has 0 aliphatic heterocycles. The average Bonchev–Trinajstić information content (AvgIpc) is 2.29. The molecular formula is C11H13NO5. The molecule has 1 aromatic rings. The average molecular weight is 239 g/mol. The number of nitro groups is 1. The number of hydrogen-bond acceptors (Lipinski definition) is 5. The van der Waals surface area contributed by atoms with E-state index < -0.39 is 17.4 Å². The summed E-state index contributed by atoms with van der Waals surface area (Å²) in [5.74, 6) is -0.391. The van der Waals surface area contributed by atoms with E-state index in [-0.39, 0.29) is 18.8 Å². The highest BCUT2D eigenvalue weighted by Crippen LogP contribution is 2.10. The summed E-state index contributed by atoms with van der Waals surface area (Å²) in [5.41, 5.74) is 0.921. The van der Waals surface area contributed by atoms with Gasteiger partial charge in [-0.15, -0.1) is 0 Å². The highest BCUT2D eigenvalue weighted by atomic mass is 16.6. The maximum absolute atomic E-state index is 11.0. The Balaban J connectivity index is 2.21. The molecule has 17 heavy (non-hydrogen) atoms. The Bertz CT molecular complexity index is 387. The first-order valence-corrected chi connectivity index (χ1v) is 5.13. The molecule has 0 aromatic heterocycles. The van der Waals surface area contributed by atoms with Crippen LogP contribution in [0.5, 0.6) is 5.75 Å². The molecule has 0 bridgehead atoms. The fourth-order valence-electron chi connectivity index (χ4n) is 1.20. The first-order chi connectivity index (χ1) is 8.08. The Morgan fingerprint density at radius 3 is 2.59 bits per heavy atom. The number of aromatic hydroxyl groups is 1. The molecule has 0 aliphatic carbocycles. The quantitative estimate of drug-likeness (QED) is 0.457. The summed E-state index contributed by atoms with van der Waals surface area (Å²) >= 11 is 0. The predicted octanol–water partition coefficient (Wildman–Crippen LogP) is 1.14. The molecule has 0 radical (unpaired) electrons. The standard InChI is InChI=1S/C11H13NO5/c13-10-3-1-9(2-4-10)6-8-17-11(14)5-7-12(15)16/h1-4,13H,5-8H2. The van der Waals surface area contributed by atoms with Crippen molar-refractivity contribution in [3.05, 3.63) is 39.9 Å². The van der Waals surface area contributed by atoms with Crippen molar-refractivity contribution in [3.63, 3.8) is 0 Å². The van der Waals surface area contributed by atoms with Gasteiger partial charge in [0, 0.05) is 11.3 Å². The van der Waals surface area contributed by atoms with Gasteiger partial charge in [-0.25, -0.2) is 0 Å². The van der Waals surface area contributed by atoms with Gasteiger partial charge in [-0.05, 0) is 17.7 Å². The number of esters is 1. The summed E-state index contributed by atoms with van der Waals surface area (Å²) in [6, 6.07) is 6.54. The third-order valence-corrected chi connectivity index (χ3v) is 2.09. The Morgan fingerprint density at radius 2 is 2.00 bits per heavy atom. The zero-order valence-electron chi connectivity index (χ0n) is 9.17. The van der Waals surface area contributed by atoms with Crippen LogP contribution in [0.25, 0.3) is 0 Å². The fourth-order valence-corrected chi connectivity index (χ4v) is 1.20. The van der Waals surface area contributed by atoms with Crippen molar-refractivity contribution in [1.82, 2.24) is 0 Å². The van der Waals surface area contributed by atoms with E-state index in [0.29, 0.717) is 6.42 Å². The summed E-state index contributed by atoms with van der Waals surface area (Å²) in [5, 5.41) is 19.0. The second kappa shape index (κ2) is 6.47. The lowest BCUT2D eigenvalue weighted by Crippen LogP contribution is -2.12. The van der Waals surface area contributed by atoms with Crippen LogP contribution in [-0.4, -0.2) is 29.2 Å². The first kappa shape index (κ1) is 13.0. The highest BCUT2D eigenvalue weighted by molar-refractivity contribution is 5.69. The van der Waals surface area contributed by atoms with Gasteiger partial charge in [-0.2, -0.15) is 0 Å². The number of phenolic OH excluding ortho intramolecular Hbond substituents is 1. The maximum atomic E-state index is 11.0. The second-order valence-electron chi connectivity index (χ2n) is 3.44. The van der Waals surface area contributed by atoms with Crippen LogP contribution in [0, 0.1) is 10.1 Å². The Hall–Kier alpha value is -2.11. The van der Waals surface area contributed by atoms with E-state index in [1.165, 1.54) is 0 Å². The van der Waals surface area contributed by atoms with E-state index in [1.54, 1.807) is 24.3 Å². The molecular weight excluding hydrogens is 226 g/mol.